The average molecular weight is 165 g/mol. The third kappa shape index (κ3) is 1.94. The number of hydrogen-bond acceptors (Lipinski definition) is 4. The van der Waals surface area contributed by atoms with Crippen LogP contribution in [-0.4, -0.2) is 15.0 Å². The molecule has 1 atom stereocenters. The monoisotopic (exact) mass is 164 g/mol. The molecule has 1 rings (SSSR count). The molecular weight excluding hydrogens is 156 g/mol. The van der Waals surface area contributed by atoms with Gasteiger partial charge in [-0.3, -0.25) is 4.84 Å². The molecule has 0 saturated carbocycles. The fourth-order valence-electron chi connectivity index (χ4n) is 0.474. The summed E-state index contributed by atoms with van der Waals surface area (Å²) in [6.07, 6.45) is 3.00. The van der Waals surface area contributed by atoms with Crippen molar-refractivity contribution in [2.24, 2.45) is 5.90 Å². The largest absolute Gasteiger partial charge is 0.278 e. The van der Waals surface area contributed by atoms with Gasteiger partial charge in [-0.1, -0.05) is 5.21 Å². The summed E-state index contributed by atoms with van der Waals surface area (Å²) in [7, 11) is 0. The molecule has 1 aromatic rings. The lowest BCUT2D eigenvalue weighted by Crippen LogP contribution is -2.13. The van der Waals surface area contributed by atoms with Crippen LogP contribution in [0.3, 0.4) is 0 Å². The van der Waals surface area contributed by atoms with Crippen molar-refractivity contribution in [2.45, 2.75) is 13.2 Å². The van der Waals surface area contributed by atoms with Gasteiger partial charge in [0.25, 0.3) is 0 Å². The van der Waals surface area contributed by atoms with E-state index in [-0.39, 0.29) is 18.6 Å². The number of nitrogens with two attached hydrogens (primary N) is 1. The Hall–Kier alpha value is -0.650. The summed E-state index contributed by atoms with van der Waals surface area (Å²) in [6, 6.07) is 0. The number of rotatable bonds is 2. The molecule has 1 unspecified atom stereocenters. The van der Waals surface area contributed by atoms with Crippen molar-refractivity contribution in [3.05, 3.63) is 12.4 Å². The second-order valence-electron chi connectivity index (χ2n) is 1.62. The van der Waals surface area contributed by atoms with E-state index in [1.165, 1.54) is 4.68 Å². The zero-order chi connectivity index (χ0) is 6.69. The minimum absolute atomic E-state index is 0. The molecule has 1 aromatic heterocycles. The van der Waals surface area contributed by atoms with Crippen LogP contribution >= 0.6 is 12.4 Å². The highest BCUT2D eigenvalue weighted by Gasteiger charge is 2.00. The first-order valence-corrected chi connectivity index (χ1v) is 2.56. The van der Waals surface area contributed by atoms with Gasteiger partial charge in [-0.25, -0.2) is 10.6 Å². The summed E-state index contributed by atoms with van der Waals surface area (Å²) in [6.45, 7) is 1.77. The van der Waals surface area contributed by atoms with E-state index < -0.39 is 0 Å². The van der Waals surface area contributed by atoms with Crippen molar-refractivity contribution in [1.29, 1.82) is 0 Å². The number of halogens is 1. The Balaban J connectivity index is 0.000000810. The van der Waals surface area contributed by atoms with Gasteiger partial charge in [0.15, 0.2) is 6.23 Å². The second kappa shape index (κ2) is 4.21. The van der Waals surface area contributed by atoms with Crippen molar-refractivity contribution in [3.8, 4) is 0 Å². The smallest absolute Gasteiger partial charge is 0.169 e. The number of aromatic nitrogens is 3. The van der Waals surface area contributed by atoms with Crippen LogP contribution in [0.25, 0.3) is 0 Å². The van der Waals surface area contributed by atoms with Crippen LogP contribution in [0.15, 0.2) is 12.4 Å². The van der Waals surface area contributed by atoms with Gasteiger partial charge in [0.05, 0.1) is 6.20 Å². The van der Waals surface area contributed by atoms with E-state index in [4.69, 9.17) is 5.90 Å². The Morgan fingerprint density at radius 2 is 2.40 bits per heavy atom. The molecule has 5 nitrogen and oxygen atoms in total. The maximum atomic E-state index is 4.87. The molecule has 0 aliphatic heterocycles. The zero-order valence-electron chi connectivity index (χ0n) is 5.47. The Bertz CT molecular complexity index is 166. The fourth-order valence-corrected chi connectivity index (χ4v) is 0.474. The van der Waals surface area contributed by atoms with Gasteiger partial charge in [-0.15, -0.1) is 17.5 Å². The van der Waals surface area contributed by atoms with Crippen LogP contribution in [0.1, 0.15) is 13.2 Å². The summed E-state index contributed by atoms with van der Waals surface area (Å²) in [5.41, 5.74) is 0. The Kier molecular flexibility index (Phi) is 3.94. The van der Waals surface area contributed by atoms with Gasteiger partial charge in [-0.05, 0) is 6.92 Å². The molecule has 1 heterocycles. The Morgan fingerprint density at radius 1 is 1.70 bits per heavy atom. The minimum atomic E-state index is -0.243. The first-order valence-electron chi connectivity index (χ1n) is 2.56. The Morgan fingerprint density at radius 3 is 2.80 bits per heavy atom. The highest BCUT2D eigenvalue weighted by Crippen LogP contribution is 1.98. The van der Waals surface area contributed by atoms with E-state index in [2.05, 4.69) is 15.1 Å². The highest BCUT2D eigenvalue weighted by molar-refractivity contribution is 5.85. The predicted molar refractivity (Wildman–Crippen MR) is 37.3 cm³/mol. The quantitative estimate of drug-likeness (QED) is 0.630. The van der Waals surface area contributed by atoms with Crippen molar-refractivity contribution in [3.63, 3.8) is 0 Å². The predicted octanol–water partition coefficient (Wildman–Crippen LogP) is 0.109. The zero-order valence-corrected chi connectivity index (χ0v) is 6.28. The highest BCUT2D eigenvalue weighted by atomic mass is 35.5. The second-order valence-corrected chi connectivity index (χ2v) is 1.62. The lowest BCUT2D eigenvalue weighted by atomic mass is 10.7. The van der Waals surface area contributed by atoms with E-state index >= 15 is 0 Å². The van der Waals surface area contributed by atoms with Crippen LogP contribution in [0.5, 0.6) is 0 Å². The van der Waals surface area contributed by atoms with E-state index in [1.807, 2.05) is 0 Å². The minimum Gasteiger partial charge on any atom is -0.278 e. The topological polar surface area (TPSA) is 66.0 Å². The molecule has 6 heteroatoms. The van der Waals surface area contributed by atoms with E-state index in [0.717, 1.165) is 0 Å². The standard InChI is InChI=1S/C4H8N4O.ClH/c1-4(9-5)8-3-2-6-7-8;/h2-4H,5H2,1H3;1H. The number of nitrogens with zero attached hydrogens (tertiary/aromatic N) is 3. The molecule has 0 spiro atoms. The molecule has 0 aliphatic carbocycles. The van der Waals surface area contributed by atoms with Gasteiger partial charge in [0.2, 0.25) is 0 Å². The van der Waals surface area contributed by atoms with E-state index in [1.54, 1.807) is 19.3 Å². The summed E-state index contributed by atoms with van der Waals surface area (Å²) < 4.78 is 1.51. The van der Waals surface area contributed by atoms with Crippen LogP contribution in [0.2, 0.25) is 0 Å². The normalized spacial score (nSPS) is 12.2. The first kappa shape index (κ1) is 9.35. The molecule has 2 N–H and O–H groups in total. The van der Waals surface area contributed by atoms with Crippen LogP contribution < -0.4 is 5.90 Å². The molecule has 0 saturated heterocycles. The maximum absolute atomic E-state index is 4.87. The lowest BCUT2D eigenvalue weighted by molar-refractivity contribution is 0.00544. The molecule has 10 heavy (non-hydrogen) atoms. The average Bonchev–Trinajstić information content (AvgIpc) is 2.37. The molecule has 0 aromatic carbocycles. The van der Waals surface area contributed by atoms with E-state index in [0.29, 0.717) is 0 Å². The van der Waals surface area contributed by atoms with Gasteiger partial charge >= 0.3 is 0 Å². The van der Waals surface area contributed by atoms with Crippen LogP contribution in [0.4, 0.5) is 0 Å². The molecule has 0 fully saturated rings. The third-order valence-electron chi connectivity index (χ3n) is 1.01. The molecular formula is C4H9ClN4O. The molecule has 0 radical (unpaired) electrons. The lowest BCUT2D eigenvalue weighted by Gasteiger charge is -2.05. The summed E-state index contributed by atoms with van der Waals surface area (Å²) >= 11 is 0. The van der Waals surface area contributed by atoms with Crippen LogP contribution in [-0.2, 0) is 4.84 Å². The van der Waals surface area contributed by atoms with E-state index in [9.17, 15) is 0 Å². The van der Waals surface area contributed by atoms with Crippen molar-refractivity contribution in [1.82, 2.24) is 15.0 Å². The molecule has 58 valence electrons. The fraction of sp³-hybridized carbons (Fsp3) is 0.500. The Labute approximate surface area is 64.5 Å². The number of hydrogen-bond donors (Lipinski definition) is 1. The van der Waals surface area contributed by atoms with Crippen molar-refractivity contribution >= 4 is 12.4 Å². The van der Waals surface area contributed by atoms with Crippen LogP contribution in [0, 0.1) is 0 Å². The summed E-state index contributed by atoms with van der Waals surface area (Å²) in [5.74, 6) is 4.87. The molecule has 0 bridgehead atoms. The van der Waals surface area contributed by atoms with Gasteiger partial charge in [0, 0.05) is 6.20 Å². The van der Waals surface area contributed by atoms with Gasteiger partial charge in [0.1, 0.15) is 0 Å². The van der Waals surface area contributed by atoms with Crippen molar-refractivity contribution in [2.75, 3.05) is 0 Å². The van der Waals surface area contributed by atoms with Crippen molar-refractivity contribution < 1.29 is 4.84 Å². The third-order valence-corrected chi connectivity index (χ3v) is 1.01. The van der Waals surface area contributed by atoms with Gasteiger partial charge in [-0.2, -0.15) is 0 Å². The molecule has 0 aliphatic rings. The first-order chi connectivity index (χ1) is 4.34. The molecule has 0 amide bonds. The SMILES string of the molecule is CC(ON)n1ccnn1.Cl. The maximum Gasteiger partial charge on any atom is 0.169 e. The summed E-state index contributed by atoms with van der Waals surface area (Å²) in [5, 5.41) is 7.22. The summed E-state index contributed by atoms with van der Waals surface area (Å²) in [4.78, 5) is 4.46. The van der Waals surface area contributed by atoms with Gasteiger partial charge < -0.3 is 0 Å².